The summed E-state index contributed by atoms with van der Waals surface area (Å²) in [4.78, 5) is 125. The van der Waals surface area contributed by atoms with Gasteiger partial charge in [-0.05, 0) is 108 Å². The maximum atomic E-state index is 12.9. The first-order valence-corrected chi connectivity index (χ1v) is 26.1. The molecule has 2 aliphatic heterocycles. The van der Waals surface area contributed by atoms with Crippen molar-refractivity contribution in [2.45, 2.75) is 104 Å². The number of nitro groups is 2. The smallest absolute Gasteiger partial charge is 0.793 e. The van der Waals surface area contributed by atoms with Crippen LogP contribution in [0, 0.1) is 55.7 Å². The minimum absolute atomic E-state index is 0. The Balaban J connectivity index is 0.000000291. The summed E-state index contributed by atoms with van der Waals surface area (Å²) in [5.41, 5.74) is 6.53. The molecule has 2 aromatic carbocycles. The first-order valence-electron chi connectivity index (χ1n) is 26.1. The molecule has 0 atom stereocenters. The van der Waals surface area contributed by atoms with Crippen LogP contribution in [0.25, 0.3) is 0 Å². The molecule has 0 spiro atoms. The maximum absolute atomic E-state index is 12.9. The van der Waals surface area contributed by atoms with Crippen LogP contribution in [0.2, 0.25) is 0 Å². The number of amides is 4. The Bertz CT molecular complexity index is 2280. The molecular formula is C52H73BN8NaO15. The second-order valence-corrected chi connectivity index (χ2v) is 19.7. The second-order valence-electron chi connectivity index (χ2n) is 19.7. The number of aldehydes is 1. The molecule has 4 amide bonds. The number of rotatable bonds is 12. The monoisotopic (exact) mass is 1080 g/mol. The number of nitrogens with one attached hydrogen (secondary N) is 1. The molecule has 2 aromatic rings. The molecule has 23 nitrogen and oxygen atoms in total. The van der Waals surface area contributed by atoms with Crippen LogP contribution in [0.1, 0.15) is 114 Å². The summed E-state index contributed by atoms with van der Waals surface area (Å²) >= 11 is 0. The van der Waals surface area contributed by atoms with Gasteiger partial charge < -0.3 is 43.4 Å². The van der Waals surface area contributed by atoms with E-state index in [1.54, 1.807) is 18.2 Å². The molecule has 3 radical (unpaired) electrons. The van der Waals surface area contributed by atoms with Gasteiger partial charge in [0.1, 0.15) is 0 Å². The van der Waals surface area contributed by atoms with Gasteiger partial charge in [0, 0.05) is 121 Å². The van der Waals surface area contributed by atoms with Crippen molar-refractivity contribution in [1.29, 1.82) is 0 Å². The molecule has 4 aliphatic carbocycles. The molecule has 0 unspecified atom stereocenters. The average molecular weight is 1080 g/mol. The van der Waals surface area contributed by atoms with Crippen LogP contribution in [0.5, 0.6) is 0 Å². The van der Waals surface area contributed by atoms with Gasteiger partial charge in [-0.2, -0.15) is 0 Å². The van der Waals surface area contributed by atoms with E-state index in [0.29, 0.717) is 87.2 Å². The fourth-order valence-electron chi connectivity index (χ4n) is 9.37. The average Bonchev–Trinajstić information content (AvgIpc) is 4.39. The number of carbonyl (C=O) groups is 8. The molecule has 0 aromatic heterocycles. The van der Waals surface area contributed by atoms with Crippen LogP contribution >= 0.6 is 0 Å². The second kappa shape index (κ2) is 34.1. The summed E-state index contributed by atoms with van der Waals surface area (Å²) < 4.78 is 3.61. The zero-order chi connectivity index (χ0) is 55.7. The van der Waals surface area contributed by atoms with Crippen molar-refractivity contribution >= 4 is 67.2 Å². The Morgan fingerprint density at radius 1 is 0.571 bits per heavy atom. The van der Waals surface area contributed by atoms with Crippen LogP contribution < -0.4 is 40.6 Å². The summed E-state index contributed by atoms with van der Waals surface area (Å²) in [7, 11) is 4.32. The SMILES string of the molecule is CC(=O)OOC(C)=O.NCC1CCC(C(=O)N2CCN(C(=O)C3CC3)CC2)CC1.O=C(C1CCC(CNCc2ccccc2[N+](=O)[O-])CC1)N1CCN(C(=O)C2CC2)CC1.O=Cc1ccccc1[N+](=O)[O-].[B-]OC(C)=O.[Na+]. The van der Waals surface area contributed by atoms with Crippen molar-refractivity contribution in [2.75, 3.05) is 65.4 Å². The van der Waals surface area contributed by atoms with E-state index in [4.69, 9.17) is 5.73 Å². The molecule has 0 bridgehead atoms. The number of carbonyl (C=O) groups excluding carboxylic acids is 8. The fraction of sp³-hybridized carbons (Fsp3) is 0.615. The summed E-state index contributed by atoms with van der Waals surface area (Å²) in [6.45, 7) is 11.1. The molecule has 4 saturated carbocycles. The van der Waals surface area contributed by atoms with Gasteiger partial charge in [0.2, 0.25) is 29.6 Å². The number of nitrogens with zero attached hydrogens (tertiary/aromatic N) is 6. The zero-order valence-electron chi connectivity index (χ0n) is 44.9. The number of nitro benzene ring substituents is 2. The summed E-state index contributed by atoms with van der Waals surface area (Å²) in [6.07, 6.45) is 12.6. The predicted octanol–water partition coefficient (Wildman–Crippen LogP) is 1.48. The van der Waals surface area contributed by atoms with Gasteiger partial charge in [0.15, 0.2) is 6.29 Å². The zero-order valence-corrected chi connectivity index (χ0v) is 46.9. The molecule has 2 saturated heterocycles. The quantitative estimate of drug-likeness (QED) is 0.1000. The van der Waals surface area contributed by atoms with E-state index < -0.39 is 22.8 Å². The van der Waals surface area contributed by atoms with Gasteiger partial charge in [-0.3, -0.25) is 49.0 Å². The summed E-state index contributed by atoms with van der Waals surface area (Å²) in [5, 5.41) is 24.7. The van der Waals surface area contributed by atoms with Gasteiger partial charge in [0.25, 0.3) is 11.4 Å². The number of para-hydroxylation sites is 2. The normalized spacial score (nSPS) is 20.5. The minimum atomic E-state index is -0.639. The Labute approximate surface area is 472 Å². The van der Waals surface area contributed by atoms with Gasteiger partial charge in [-0.15, -0.1) is 0 Å². The summed E-state index contributed by atoms with van der Waals surface area (Å²) in [5.74, 6) is 1.35. The van der Waals surface area contributed by atoms with E-state index in [9.17, 15) is 58.6 Å². The minimum Gasteiger partial charge on any atom is -0.793 e. The van der Waals surface area contributed by atoms with Crippen molar-refractivity contribution in [3.63, 3.8) is 0 Å². The van der Waals surface area contributed by atoms with Crippen LogP contribution in [-0.2, 0) is 54.5 Å². The molecule has 8 rings (SSSR count). The van der Waals surface area contributed by atoms with Crippen molar-refractivity contribution in [3.8, 4) is 0 Å². The molecular weight excluding hydrogens is 1010 g/mol. The van der Waals surface area contributed by atoms with Crippen molar-refractivity contribution in [2.24, 2.45) is 41.2 Å². The Morgan fingerprint density at radius 2 is 0.896 bits per heavy atom. The number of benzene rings is 2. The van der Waals surface area contributed by atoms with E-state index in [1.807, 2.05) is 25.7 Å². The van der Waals surface area contributed by atoms with Crippen LogP contribution in [-0.4, -0.2) is 151 Å². The van der Waals surface area contributed by atoms with E-state index in [0.717, 1.165) is 117 Å². The third-order valence-electron chi connectivity index (χ3n) is 14.0. The molecule has 77 heavy (non-hydrogen) atoms. The number of hydrogen-bond acceptors (Lipinski definition) is 17. The van der Waals surface area contributed by atoms with E-state index in [2.05, 4.69) is 27.8 Å². The number of nitrogens with two attached hydrogens (primary N) is 1. The van der Waals surface area contributed by atoms with Crippen LogP contribution in [0.15, 0.2) is 48.5 Å². The summed E-state index contributed by atoms with van der Waals surface area (Å²) in [6, 6.07) is 12.6. The van der Waals surface area contributed by atoms with Crippen molar-refractivity contribution in [3.05, 3.63) is 79.9 Å². The third-order valence-corrected chi connectivity index (χ3v) is 14.0. The Hall–Kier alpha value is -5.82. The van der Waals surface area contributed by atoms with Crippen molar-refractivity contribution < 1.29 is 92.2 Å². The maximum Gasteiger partial charge on any atom is 1.00 e. The van der Waals surface area contributed by atoms with Gasteiger partial charge >= 0.3 is 41.5 Å². The first-order chi connectivity index (χ1) is 36.4. The van der Waals surface area contributed by atoms with Gasteiger partial charge in [-0.25, -0.2) is 19.4 Å². The topological polar surface area (TPSA) is 302 Å². The standard InChI is InChI=1S/C23H32N4O4.C16H27N3O2.C7H5NO3.C4H6O4.C2H3BO2.Na/c28-22(25-11-13-26(14-12-25)23(29)19-9-10-19)18-7-5-17(6-8-18)15-24-16-20-3-1-2-4-21(20)27(30)31;17-11-12-1-3-13(4-2-12)15(20)18-7-9-19(10-8-18)16(21)14-5-6-14;9-5-6-3-1-2-4-7(6)8(10)11;1-3(5)7-8-4(2)6;1-2(4)5-3;/h1-4,17-19,24H,5-16H2;12-14H,1-11,17H2;1-5H;1-2H3;1H3;/q;;;;-1;+1. The fourth-order valence-corrected chi connectivity index (χ4v) is 9.37. The first kappa shape index (κ1) is 65.5. The van der Waals surface area contributed by atoms with Crippen molar-refractivity contribution in [1.82, 2.24) is 24.9 Å². The van der Waals surface area contributed by atoms with Gasteiger partial charge in [0.05, 0.1) is 15.4 Å². The molecule has 415 valence electrons. The molecule has 25 heteroatoms. The van der Waals surface area contributed by atoms with E-state index in [-0.39, 0.29) is 81.0 Å². The number of hydrogen-bond donors (Lipinski definition) is 2. The van der Waals surface area contributed by atoms with E-state index in [1.165, 1.54) is 31.2 Å². The predicted molar refractivity (Wildman–Crippen MR) is 276 cm³/mol. The Morgan fingerprint density at radius 3 is 1.19 bits per heavy atom. The molecule has 6 aliphatic rings. The largest absolute Gasteiger partial charge is 1.00 e. The van der Waals surface area contributed by atoms with Gasteiger partial charge in [-0.1, -0.05) is 30.3 Å². The number of piperazine rings is 2. The third kappa shape index (κ3) is 23.0. The van der Waals surface area contributed by atoms with Crippen LogP contribution in [0.3, 0.4) is 0 Å². The molecule has 6 fully saturated rings. The molecule has 2 heterocycles. The van der Waals surface area contributed by atoms with E-state index >= 15 is 0 Å². The Kier molecular flexibility index (Phi) is 29.0. The molecule has 3 N–H and O–H groups in total. The van der Waals surface area contributed by atoms with Crippen LogP contribution in [0.4, 0.5) is 11.4 Å².